The van der Waals surface area contributed by atoms with Crippen LogP contribution in [-0.4, -0.2) is 38.1 Å². The highest BCUT2D eigenvalue weighted by Gasteiger charge is 2.19. The standard InChI is InChI=1S/C11H23N3O/c1-9(2)4-3-5-14-11(15)10-8-12-6-7-13-10/h9-10,12-13H,3-8H2,1-2H3,(H,14,15). The normalized spacial score (nSPS) is 21.7. The number of hydrogen-bond acceptors (Lipinski definition) is 3. The molecular formula is C11H23N3O. The molecule has 15 heavy (non-hydrogen) atoms. The fourth-order valence-electron chi connectivity index (χ4n) is 1.68. The summed E-state index contributed by atoms with van der Waals surface area (Å²) in [5.74, 6) is 0.849. The second-order valence-electron chi connectivity index (χ2n) is 4.54. The topological polar surface area (TPSA) is 53.2 Å². The molecular weight excluding hydrogens is 190 g/mol. The summed E-state index contributed by atoms with van der Waals surface area (Å²) in [6.07, 6.45) is 2.25. The van der Waals surface area contributed by atoms with Crippen molar-refractivity contribution in [2.24, 2.45) is 5.92 Å². The summed E-state index contributed by atoms with van der Waals surface area (Å²) in [6.45, 7) is 7.79. The van der Waals surface area contributed by atoms with E-state index < -0.39 is 0 Å². The van der Waals surface area contributed by atoms with Crippen LogP contribution in [0.25, 0.3) is 0 Å². The number of piperazine rings is 1. The van der Waals surface area contributed by atoms with Crippen LogP contribution in [0, 0.1) is 5.92 Å². The van der Waals surface area contributed by atoms with Crippen molar-refractivity contribution in [3.63, 3.8) is 0 Å². The molecule has 0 radical (unpaired) electrons. The molecule has 1 atom stereocenters. The lowest BCUT2D eigenvalue weighted by molar-refractivity contribution is -0.123. The van der Waals surface area contributed by atoms with E-state index >= 15 is 0 Å². The van der Waals surface area contributed by atoms with Crippen molar-refractivity contribution < 1.29 is 4.79 Å². The quantitative estimate of drug-likeness (QED) is 0.568. The van der Waals surface area contributed by atoms with Gasteiger partial charge in [-0.1, -0.05) is 13.8 Å². The summed E-state index contributed by atoms with van der Waals surface area (Å²) in [6, 6.07) is -0.0437. The molecule has 0 spiro atoms. The zero-order valence-electron chi connectivity index (χ0n) is 9.81. The monoisotopic (exact) mass is 213 g/mol. The lowest BCUT2D eigenvalue weighted by atomic mass is 10.1. The first-order chi connectivity index (χ1) is 7.20. The molecule has 0 aliphatic carbocycles. The number of nitrogens with one attached hydrogen (secondary N) is 3. The van der Waals surface area contributed by atoms with Crippen LogP contribution in [0.3, 0.4) is 0 Å². The molecule has 0 aromatic carbocycles. The van der Waals surface area contributed by atoms with Gasteiger partial charge in [-0.2, -0.15) is 0 Å². The first kappa shape index (κ1) is 12.5. The van der Waals surface area contributed by atoms with Crippen molar-refractivity contribution >= 4 is 5.91 Å². The van der Waals surface area contributed by atoms with Gasteiger partial charge in [0.1, 0.15) is 0 Å². The van der Waals surface area contributed by atoms with E-state index in [1.165, 1.54) is 6.42 Å². The first-order valence-electron chi connectivity index (χ1n) is 5.92. The molecule has 0 bridgehead atoms. The van der Waals surface area contributed by atoms with Crippen molar-refractivity contribution in [3.05, 3.63) is 0 Å². The summed E-state index contributed by atoms with van der Waals surface area (Å²) in [7, 11) is 0. The summed E-state index contributed by atoms with van der Waals surface area (Å²) in [5, 5.41) is 9.36. The van der Waals surface area contributed by atoms with E-state index in [2.05, 4.69) is 29.8 Å². The second-order valence-corrected chi connectivity index (χ2v) is 4.54. The van der Waals surface area contributed by atoms with E-state index in [1.807, 2.05) is 0 Å². The van der Waals surface area contributed by atoms with Crippen LogP contribution in [-0.2, 0) is 4.79 Å². The summed E-state index contributed by atoms with van der Waals surface area (Å²) in [4.78, 5) is 11.6. The fraction of sp³-hybridized carbons (Fsp3) is 0.909. The van der Waals surface area contributed by atoms with Gasteiger partial charge < -0.3 is 16.0 Å². The van der Waals surface area contributed by atoms with Gasteiger partial charge in [-0.15, -0.1) is 0 Å². The van der Waals surface area contributed by atoms with Crippen LogP contribution >= 0.6 is 0 Å². The maximum atomic E-state index is 11.6. The maximum Gasteiger partial charge on any atom is 0.238 e. The zero-order chi connectivity index (χ0) is 11.1. The van der Waals surface area contributed by atoms with E-state index in [-0.39, 0.29) is 11.9 Å². The molecule has 1 unspecified atom stereocenters. The van der Waals surface area contributed by atoms with Gasteiger partial charge in [0.05, 0.1) is 6.04 Å². The van der Waals surface area contributed by atoms with Gasteiger partial charge in [0, 0.05) is 26.2 Å². The van der Waals surface area contributed by atoms with Crippen LogP contribution < -0.4 is 16.0 Å². The van der Waals surface area contributed by atoms with E-state index in [0.717, 1.165) is 38.5 Å². The average molecular weight is 213 g/mol. The van der Waals surface area contributed by atoms with Crippen molar-refractivity contribution in [2.45, 2.75) is 32.7 Å². The first-order valence-corrected chi connectivity index (χ1v) is 5.92. The molecule has 1 fully saturated rings. The Morgan fingerprint density at radius 2 is 2.27 bits per heavy atom. The Kier molecular flexibility index (Phi) is 5.65. The molecule has 1 aliphatic heterocycles. The molecule has 4 nitrogen and oxygen atoms in total. The number of hydrogen-bond donors (Lipinski definition) is 3. The summed E-state index contributed by atoms with van der Waals surface area (Å²) in [5.41, 5.74) is 0. The van der Waals surface area contributed by atoms with Crippen molar-refractivity contribution in [1.29, 1.82) is 0 Å². The molecule has 0 aromatic heterocycles. The molecule has 88 valence electrons. The van der Waals surface area contributed by atoms with Crippen molar-refractivity contribution in [2.75, 3.05) is 26.2 Å². The second kappa shape index (κ2) is 6.80. The van der Waals surface area contributed by atoms with Gasteiger partial charge in [0.2, 0.25) is 5.91 Å². The van der Waals surface area contributed by atoms with Crippen molar-refractivity contribution in [1.82, 2.24) is 16.0 Å². The van der Waals surface area contributed by atoms with Crippen LogP contribution in [0.15, 0.2) is 0 Å². The molecule has 1 rings (SSSR count). The molecule has 1 aliphatic rings. The zero-order valence-corrected chi connectivity index (χ0v) is 9.81. The largest absolute Gasteiger partial charge is 0.355 e. The Morgan fingerprint density at radius 3 is 2.87 bits per heavy atom. The highest BCUT2D eigenvalue weighted by atomic mass is 16.2. The van der Waals surface area contributed by atoms with E-state index in [9.17, 15) is 4.79 Å². The summed E-state index contributed by atoms with van der Waals surface area (Å²) >= 11 is 0. The van der Waals surface area contributed by atoms with E-state index in [1.54, 1.807) is 0 Å². The summed E-state index contributed by atoms with van der Waals surface area (Å²) < 4.78 is 0. The van der Waals surface area contributed by atoms with Gasteiger partial charge in [-0.3, -0.25) is 4.79 Å². The third kappa shape index (κ3) is 5.14. The van der Waals surface area contributed by atoms with Crippen LogP contribution in [0.1, 0.15) is 26.7 Å². The smallest absolute Gasteiger partial charge is 0.238 e. The minimum Gasteiger partial charge on any atom is -0.355 e. The molecule has 0 saturated carbocycles. The Balaban J connectivity index is 2.07. The van der Waals surface area contributed by atoms with E-state index in [0.29, 0.717) is 0 Å². The molecule has 1 saturated heterocycles. The van der Waals surface area contributed by atoms with Gasteiger partial charge in [0.25, 0.3) is 0 Å². The van der Waals surface area contributed by atoms with Gasteiger partial charge in [-0.25, -0.2) is 0 Å². The predicted octanol–water partition coefficient (Wildman–Crippen LogP) is 0.100. The Morgan fingerprint density at radius 1 is 1.47 bits per heavy atom. The van der Waals surface area contributed by atoms with Crippen LogP contribution in [0.5, 0.6) is 0 Å². The molecule has 4 heteroatoms. The Hall–Kier alpha value is -0.610. The van der Waals surface area contributed by atoms with Gasteiger partial charge in [-0.05, 0) is 18.8 Å². The Bertz CT molecular complexity index is 188. The Labute approximate surface area is 92.2 Å². The van der Waals surface area contributed by atoms with Crippen molar-refractivity contribution in [3.8, 4) is 0 Å². The number of rotatable bonds is 5. The lowest BCUT2D eigenvalue weighted by Gasteiger charge is -2.23. The van der Waals surface area contributed by atoms with Gasteiger partial charge >= 0.3 is 0 Å². The SMILES string of the molecule is CC(C)CCCNC(=O)C1CNCCN1. The van der Waals surface area contributed by atoms with Crippen LogP contribution in [0.2, 0.25) is 0 Å². The number of carbonyl (C=O) groups is 1. The number of carbonyl (C=O) groups excluding carboxylic acids is 1. The van der Waals surface area contributed by atoms with E-state index in [4.69, 9.17) is 0 Å². The molecule has 3 N–H and O–H groups in total. The highest BCUT2D eigenvalue weighted by Crippen LogP contribution is 2.01. The fourth-order valence-corrected chi connectivity index (χ4v) is 1.68. The third-order valence-corrected chi connectivity index (χ3v) is 2.61. The molecule has 0 aromatic rings. The van der Waals surface area contributed by atoms with Gasteiger partial charge in [0.15, 0.2) is 0 Å². The highest BCUT2D eigenvalue weighted by molar-refractivity contribution is 5.82. The third-order valence-electron chi connectivity index (χ3n) is 2.61. The lowest BCUT2D eigenvalue weighted by Crippen LogP contribution is -2.55. The van der Waals surface area contributed by atoms with Crippen LogP contribution in [0.4, 0.5) is 0 Å². The number of amides is 1. The molecule has 1 amide bonds. The predicted molar refractivity (Wildman–Crippen MR) is 61.7 cm³/mol. The average Bonchev–Trinajstić information content (AvgIpc) is 2.25. The minimum absolute atomic E-state index is 0.0437. The minimum atomic E-state index is -0.0437. The maximum absolute atomic E-state index is 11.6. The molecule has 1 heterocycles.